The number of rotatable bonds is 5. The van der Waals surface area contributed by atoms with Crippen LogP contribution in [0.1, 0.15) is 13.8 Å². The monoisotopic (exact) mass is 306 g/mol. The molecule has 0 bridgehead atoms. The largest absolute Gasteiger partial charge is 0.494 e. The molecule has 1 fully saturated rings. The molecule has 0 aromatic heterocycles. The molecule has 1 aliphatic heterocycles. The van der Waals surface area contributed by atoms with Crippen LogP contribution in [0, 0.1) is 0 Å². The van der Waals surface area contributed by atoms with Crippen LogP contribution in [0.3, 0.4) is 0 Å². The van der Waals surface area contributed by atoms with Gasteiger partial charge in [-0.1, -0.05) is 6.92 Å². The standard InChI is InChI=1S/C16H26N4O2/c1-4-19-7-9-20(10-8-19)12(2)16(21)18-14-6-5-13(17)11-15(14)22-3/h5-6,11-12H,4,7-10,17H2,1-3H3,(H,18,21). The molecule has 6 heteroatoms. The molecule has 22 heavy (non-hydrogen) atoms. The molecule has 0 saturated carbocycles. The number of likely N-dealkylation sites (N-methyl/N-ethyl adjacent to an activating group) is 1. The molecule has 1 amide bonds. The third-order valence-electron chi connectivity index (χ3n) is 4.26. The molecule has 1 heterocycles. The Bertz CT molecular complexity index is 513. The van der Waals surface area contributed by atoms with Crippen LogP contribution in [0.2, 0.25) is 0 Å². The lowest BCUT2D eigenvalue weighted by atomic mass is 10.2. The number of benzene rings is 1. The van der Waals surface area contributed by atoms with Crippen LogP contribution in [0.15, 0.2) is 18.2 Å². The van der Waals surface area contributed by atoms with Crippen molar-refractivity contribution in [1.29, 1.82) is 0 Å². The molecule has 1 aromatic rings. The molecule has 1 aliphatic rings. The first-order valence-corrected chi connectivity index (χ1v) is 7.76. The number of hydrogen-bond acceptors (Lipinski definition) is 5. The van der Waals surface area contributed by atoms with Crippen molar-refractivity contribution in [3.05, 3.63) is 18.2 Å². The van der Waals surface area contributed by atoms with Gasteiger partial charge in [-0.25, -0.2) is 0 Å². The Hall–Kier alpha value is -1.79. The minimum atomic E-state index is -0.165. The lowest BCUT2D eigenvalue weighted by Crippen LogP contribution is -2.52. The van der Waals surface area contributed by atoms with Gasteiger partial charge < -0.3 is 20.7 Å². The zero-order chi connectivity index (χ0) is 16.1. The van der Waals surface area contributed by atoms with E-state index in [1.54, 1.807) is 25.3 Å². The normalized spacial score (nSPS) is 18.0. The lowest BCUT2D eigenvalue weighted by molar-refractivity contribution is -0.121. The summed E-state index contributed by atoms with van der Waals surface area (Å²) in [5.41, 5.74) is 6.99. The van der Waals surface area contributed by atoms with Gasteiger partial charge in [0.25, 0.3) is 0 Å². The minimum Gasteiger partial charge on any atom is -0.494 e. The van der Waals surface area contributed by atoms with Crippen molar-refractivity contribution in [1.82, 2.24) is 9.80 Å². The first-order valence-electron chi connectivity index (χ1n) is 7.76. The highest BCUT2D eigenvalue weighted by Crippen LogP contribution is 2.26. The van der Waals surface area contributed by atoms with Gasteiger partial charge in [-0.2, -0.15) is 0 Å². The van der Waals surface area contributed by atoms with E-state index in [0.717, 1.165) is 32.7 Å². The summed E-state index contributed by atoms with van der Waals surface area (Å²) in [4.78, 5) is 17.1. The van der Waals surface area contributed by atoms with Gasteiger partial charge in [-0.05, 0) is 25.6 Å². The summed E-state index contributed by atoms with van der Waals surface area (Å²) < 4.78 is 5.27. The smallest absolute Gasteiger partial charge is 0.241 e. The van der Waals surface area contributed by atoms with Crippen LogP contribution >= 0.6 is 0 Å². The number of anilines is 2. The van der Waals surface area contributed by atoms with E-state index in [1.807, 2.05) is 6.92 Å². The van der Waals surface area contributed by atoms with E-state index in [0.29, 0.717) is 17.1 Å². The molecule has 0 aliphatic carbocycles. The van der Waals surface area contributed by atoms with Crippen molar-refractivity contribution in [2.24, 2.45) is 0 Å². The van der Waals surface area contributed by atoms with Gasteiger partial charge in [0.1, 0.15) is 5.75 Å². The molecule has 1 saturated heterocycles. The number of nitrogens with two attached hydrogens (primary N) is 1. The van der Waals surface area contributed by atoms with Crippen LogP contribution in [-0.2, 0) is 4.79 Å². The van der Waals surface area contributed by atoms with E-state index < -0.39 is 0 Å². The van der Waals surface area contributed by atoms with Crippen molar-refractivity contribution < 1.29 is 9.53 Å². The van der Waals surface area contributed by atoms with Crippen LogP contribution in [0.5, 0.6) is 5.75 Å². The number of methoxy groups -OCH3 is 1. The Morgan fingerprint density at radius 3 is 2.64 bits per heavy atom. The molecule has 6 nitrogen and oxygen atoms in total. The summed E-state index contributed by atoms with van der Waals surface area (Å²) in [5.74, 6) is 0.560. The number of amides is 1. The van der Waals surface area contributed by atoms with Crippen LogP contribution < -0.4 is 15.8 Å². The molecule has 122 valence electrons. The third kappa shape index (κ3) is 3.90. The van der Waals surface area contributed by atoms with Gasteiger partial charge >= 0.3 is 0 Å². The maximum absolute atomic E-state index is 12.5. The number of nitrogens with one attached hydrogen (secondary N) is 1. The zero-order valence-electron chi connectivity index (χ0n) is 13.6. The van der Waals surface area contributed by atoms with Crippen molar-refractivity contribution >= 4 is 17.3 Å². The second-order valence-corrected chi connectivity index (χ2v) is 5.60. The molecule has 3 N–H and O–H groups in total. The van der Waals surface area contributed by atoms with E-state index in [2.05, 4.69) is 22.0 Å². The van der Waals surface area contributed by atoms with Crippen molar-refractivity contribution in [2.45, 2.75) is 19.9 Å². The number of nitrogens with zero attached hydrogens (tertiary/aromatic N) is 2. The molecule has 0 spiro atoms. The second-order valence-electron chi connectivity index (χ2n) is 5.60. The van der Waals surface area contributed by atoms with Gasteiger partial charge in [0.15, 0.2) is 0 Å². The minimum absolute atomic E-state index is 0.0204. The van der Waals surface area contributed by atoms with Gasteiger partial charge in [0, 0.05) is 37.9 Å². The SMILES string of the molecule is CCN1CCN(C(C)C(=O)Nc2ccc(N)cc2OC)CC1. The Kier molecular flexibility index (Phi) is 5.63. The van der Waals surface area contributed by atoms with E-state index >= 15 is 0 Å². The van der Waals surface area contributed by atoms with Crippen LogP contribution in [-0.4, -0.2) is 61.6 Å². The summed E-state index contributed by atoms with van der Waals surface area (Å²) in [6.45, 7) is 9.04. The predicted octanol–water partition coefficient (Wildman–Crippen LogP) is 1.24. The molecule has 2 rings (SSSR count). The summed E-state index contributed by atoms with van der Waals surface area (Å²) in [6.07, 6.45) is 0. The molecular formula is C16H26N4O2. The molecule has 0 radical (unpaired) electrons. The number of piperazine rings is 1. The fourth-order valence-electron chi connectivity index (χ4n) is 2.68. The van der Waals surface area contributed by atoms with Gasteiger partial charge in [-0.15, -0.1) is 0 Å². The van der Waals surface area contributed by atoms with E-state index in [-0.39, 0.29) is 11.9 Å². The molecule has 1 unspecified atom stereocenters. The Morgan fingerprint density at radius 2 is 2.05 bits per heavy atom. The van der Waals surface area contributed by atoms with Crippen LogP contribution in [0.4, 0.5) is 11.4 Å². The summed E-state index contributed by atoms with van der Waals surface area (Å²) in [7, 11) is 1.57. The van der Waals surface area contributed by atoms with Gasteiger partial charge in [0.05, 0.1) is 18.8 Å². The first kappa shape index (κ1) is 16.6. The summed E-state index contributed by atoms with van der Waals surface area (Å²) >= 11 is 0. The first-order chi connectivity index (χ1) is 10.5. The highest BCUT2D eigenvalue weighted by molar-refractivity contribution is 5.96. The second kappa shape index (κ2) is 7.47. The maximum atomic E-state index is 12.5. The van der Waals surface area contributed by atoms with Gasteiger partial charge in [-0.3, -0.25) is 9.69 Å². The lowest BCUT2D eigenvalue weighted by Gasteiger charge is -2.36. The third-order valence-corrected chi connectivity index (χ3v) is 4.26. The topological polar surface area (TPSA) is 70.8 Å². The number of ether oxygens (including phenoxy) is 1. The highest BCUT2D eigenvalue weighted by atomic mass is 16.5. The average molecular weight is 306 g/mol. The fraction of sp³-hybridized carbons (Fsp3) is 0.562. The zero-order valence-corrected chi connectivity index (χ0v) is 13.6. The van der Waals surface area contributed by atoms with Crippen molar-refractivity contribution in [2.75, 3.05) is 50.9 Å². The number of nitrogen functional groups attached to an aromatic ring is 1. The van der Waals surface area contributed by atoms with Crippen LogP contribution in [0.25, 0.3) is 0 Å². The highest BCUT2D eigenvalue weighted by Gasteiger charge is 2.25. The Labute approximate surface area is 132 Å². The number of carbonyl (C=O) groups excluding carboxylic acids is 1. The Balaban J connectivity index is 1.97. The maximum Gasteiger partial charge on any atom is 0.241 e. The molecular weight excluding hydrogens is 280 g/mol. The van der Waals surface area contributed by atoms with Crippen molar-refractivity contribution in [3.63, 3.8) is 0 Å². The van der Waals surface area contributed by atoms with Crippen molar-refractivity contribution in [3.8, 4) is 5.75 Å². The van der Waals surface area contributed by atoms with E-state index in [4.69, 9.17) is 10.5 Å². The molecule has 1 aromatic carbocycles. The van der Waals surface area contributed by atoms with E-state index in [1.165, 1.54) is 0 Å². The summed E-state index contributed by atoms with van der Waals surface area (Å²) in [6, 6.07) is 5.07. The average Bonchev–Trinajstić information content (AvgIpc) is 2.55. The number of hydrogen-bond donors (Lipinski definition) is 2. The quantitative estimate of drug-likeness (QED) is 0.801. The predicted molar refractivity (Wildman–Crippen MR) is 89.2 cm³/mol. The summed E-state index contributed by atoms with van der Waals surface area (Å²) in [5, 5.41) is 2.94. The molecule has 1 atom stereocenters. The number of carbonyl (C=O) groups is 1. The fourth-order valence-corrected chi connectivity index (χ4v) is 2.68. The Morgan fingerprint density at radius 1 is 1.36 bits per heavy atom. The van der Waals surface area contributed by atoms with E-state index in [9.17, 15) is 4.79 Å². The van der Waals surface area contributed by atoms with Gasteiger partial charge in [0.2, 0.25) is 5.91 Å².